The zero-order chi connectivity index (χ0) is 15.5. The molecular formula is C15H24N4O3. The summed E-state index contributed by atoms with van der Waals surface area (Å²) in [6, 6.07) is 0.561. The summed E-state index contributed by atoms with van der Waals surface area (Å²) in [6.45, 7) is 6.99. The highest BCUT2D eigenvalue weighted by atomic mass is 16.5. The fraction of sp³-hybridized carbons (Fsp3) is 0.733. The molecular weight excluding hydrogens is 284 g/mol. The molecule has 0 aliphatic carbocycles. The third kappa shape index (κ3) is 3.25. The molecule has 7 heteroatoms. The van der Waals surface area contributed by atoms with E-state index in [2.05, 4.69) is 15.1 Å². The van der Waals surface area contributed by atoms with Crippen molar-refractivity contribution in [3.8, 4) is 0 Å². The van der Waals surface area contributed by atoms with E-state index >= 15 is 0 Å². The van der Waals surface area contributed by atoms with Crippen molar-refractivity contribution in [3.63, 3.8) is 0 Å². The van der Waals surface area contributed by atoms with E-state index in [1.807, 2.05) is 11.8 Å². The van der Waals surface area contributed by atoms with E-state index in [0.717, 1.165) is 57.9 Å². The largest absolute Gasteiger partial charge is 0.379 e. The number of hydrogen-bond acceptors (Lipinski definition) is 4. The number of ether oxygens (including phenoxy) is 1. The van der Waals surface area contributed by atoms with Crippen molar-refractivity contribution < 1.29 is 9.53 Å². The van der Waals surface area contributed by atoms with Gasteiger partial charge in [0.25, 0.3) is 5.56 Å². The van der Waals surface area contributed by atoms with Crippen molar-refractivity contribution in [3.05, 3.63) is 21.6 Å². The summed E-state index contributed by atoms with van der Waals surface area (Å²) in [5.41, 5.74) is 1.12. The highest BCUT2D eigenvalue weighted by Gasteiger charge is 2.28. The molecule has 1 amide bonds. The van der Waals surface area contributed by atoms with E-state index in [4.69, 9.17) is 4.74 Å². The Balaban J connectivity index is 1.52. The lowest BCUT2D eigenvalue weighted by Crippen LogP contribution is -2.50. The van der Waals surface area contributed by atoms with Gasteiger partial charge in [-0.05, 0) is 19.8 Å². The van der Waals surface area contributed by atoms with Crippen molar-refractivity contribution in [1.29, 1.82) is 0 Å². The molecule has 0 atom stereocenters. The van der Waals surface area contributed by atoms with Gasteiger partial charge in [-0.3, -0.25) is 19.6 Å². The van der Waals surface area contributed by atoms with E-state index < -0.39 is 0 Å². The van der Waals surface area contributed by atoms with E-state index in [-0.39, 0.29) is 17.9 Å². The predicted octanol–water partition coefficient (Wildman–Crippen LogP) is -0.123. The molecule has 1 aromatic rings. The van der Waals surface area contributed by atoms with Gasteiger partial charge in [0.15, 0.2) is 0 Å². The molecule has 2 fully saturated rings. The predicted molar refractivity (Wildman–Crippen MR) is 81.8 cm³/mol. The molecule has 7 nitrogen and oxygen atoms in total. The number of morpholine rings is 1. The molecule has 3 heterocycles. The Morgan fingerprint density at radius 1 is 1.18 bits per heavy atom. The average Bonchev–Trinajstić information content (AvgIpc) is 2.88. The minimum atomic E-state index is -0.186. The number of aromatic amines is 2. The molecule has 2 N–H and O–H groups in total. The first-order valence-electron chi connectivity index (χ1n) is 8.01. The normalized spacial score (nSPS) is 21.2. The van der Waals surface area contributed by atoms with E-state index in [9.17, 15) is 9.59 Å². The van der Waals surface area contributed by atoms with Crippen molar-refractivity contribution in [2.75, 3.05) is 39.4 Å². The summed E-state index contributed by atoms with van der Waals surface area (Å²) >= 11 is 0. The Morgan fingerprint density at radius 2 is 1.86 bits per heavy atom. The quantitative estimate of drug-likeness (QED) is 0.815. The first kappa shape index (κ1) is 15.3. The minimum absolute atomic E-state index is 0.0497. The van der Waals surface area contributed by atoms with Crippen molar-refractivity contribution >= 4 is 5.91 Å². The molecule has 0 unspecified atom stereocenters. The van der Waals surface area contributed by atoms with Gasteiger partial charge in [-0.1, -0.05) is 0 Å². The van der Waals surface area contributed by atoms with Gasteiger partial charge in [-0.2, -0.15) is 0 Å². The lowest BCUT2D eigenvalue weighted by Gasteiger charge is -2.40. The van der Waals surface area contributed by atoms with Crippen LogP contribution >= 0.6 is 0 Å². The molecule has 1 aromatic heterocycles. The van der Waals surface area contributed by atoms with Gasteiger partial charge in [0.2, 0.25) is 5.91 Å². The highest BCUT2D eigenvalue weighted by molar-refractivity contribution is 5.79. The Morgan fingerprint density at radius 3 is 2.45 bits per heavy atom. The van der Waals surface area contributed by atoms with Crippen LogP contribution in [0.1, 0.15) is 24.1 Å². The van der Waals surface area contributed by atoms with E-state index in [1.165, 1.54) is 0 Å². The summed E-state index contributed by atoms with van der Waals surface area (Å²) in [5.74, 6) is 0.0497. The number of aryl methyl sites for hydroxylation is 1. The van der Waals surface area contributed by atoms with E-state index in [1.54, 1.807) is 0 Å². The summed E-state index contributed by atoms with van der Waals surface area (Å²) in [7, 11) is 0. The molecule has 2 saturated heterocycles. The highest BCUT2D eigenvalue weighted by Crippen LogP contribution is 2.18. The number of carbonyl (C=O) groups is 1. The lowest BCUT2D eigenvalue weighted by atomic mass is 10.0. The van der Waals surface area contributed by atoms with Crippen LogP contribution in [0.3, 0.4) is 0 Å². The van der Waals surface area contributed by atoms with Crippen LogP contribution in [0.25, 0.3) is 0 Å². The monoisotopic (exact) mass is 308 g/mol. The SMILES string of the molecule is Cc1[nH][nH]c(=O)c1CC(=O)N1CCC(N2CCOCC2)CC1. The number of carbonyl (C=O) groups excluding carboxylic acids is 1. The molecule has 22 heavy (non-hydrogen) atoms. The third-order valence-corrected chi connectivity index (χ3v) is 4.80. The van der Waals surface area contributed by atoms with Crippen LogP contribution < -0.4 is 5.56 Å². The Bertz CT molecular complexity index is 566. The Hall–Kier alpha value is -1.60. The Kier molecular flexibility index (Phi) is 4.63. The fourth-order valence-electron chi connectivity index (χ4n) is 3.37. The molecule has 0 saturated carbocycles. The van der Waals surface area contributed by atoms with Gasteiger partial charge in [-0.15, -0.1) is 0 Å². The van der Waals surface area contributed by atoms with Gasteiger partial charge in [0, 0.05) is 43.5 Å². The standard InChI is InChI=1S/C15H24N4O3/c1-11-13(15(21)17-16-11)10-14(20)19-4-2-12(3-5-19)18-6-8-22-9-7-18/h12H,2-10H2,1H3,(H2,16,17,21). The van der Waals surface area contributed by atoms with Crippen LogP contribution in [0, 0.1) is 6.92 Å². The molecule has 0 spiro atoms. The van der Waals surface area contributed by atoms with Crippen LogP contribution in [0.2, 0.25) is 0 Å². The van der Waals surface area contributed by atoms with Crippen LogP contribution in [-0.2, 0) is 16.0 Å². The first-order chi connectivity index (χ1) is 10.6. The number of piperidine rings is 1. The van der Waals surface area contributed by atoms with Crippen LogP contribution in [0.15, 0.2) is 4.79 Å². The summed E-state index contributed by atoms with van der Waals surface area (Å²) < 4.78 is 5.39. The lowest BCUT2D eigenvalue weighted by molar-refractivity contribution is -0.132. The van der Waals surface area contributed by atoms with Gasteiger partial charge in [-0.25, -0.2) is 0 Å². The fourth-order valence-corrected chi connectivity index (χ4v) is 3.37. The van der Waals surface area contributed by atoms with Gasteiger partial charge in [0.1, 0.15) is 0 Å². The number of aromatic nitrogens is 2. The number of H-pyrrole nitrogens is 2. The summed E-state index contributed by atoms with van der Waals surface area (Å²) in [4.78, 5) is 28.4. The average molecular weight is 308 g/mol. The molecule has 3 rings (SSSR count). The number of amides is 1. The second-order valence-electron chi connectivity index (χ2n) is 6.12. The van der Waals surface area contributed by atoms with Crippen LogP contribution in [0.4, 0.5) is 0 Å². The molecule has 122 valence electrons. The molecule has 2 aliphatic rings. The van der Waals surface area contributed by atoms with Gasteiger partial charge in [0.05, 0.1) is 19.6 Å². The topological polar surface area (TPSA) is 81.4 Å². The van der Waals surface area contributed by atoms with Gasteiger partial charge >= 0.3 is 0 Å². The zero-order valence-corrected chi connectivity index (χ0v) is 13.1. The maximum absolute atomic E-state index is 12.4. The number of rotatable bonds is 3. The van der Waals surface area contributed by atoms with Gasteiger partial charge < -0.3 is 14.7 Å². The van der Waals surface area contributed by atoms with Crippen molar-refractivity contribution in [1.82, 2.24) is 20.0 Å². The number of likely N-dealkylation sites (tertiary alicyclic amines) is 1. The molecule has 0 aromatic carbocycles. The minimum Gasteiger partial charge on any atom is -0.379 e. The van der Waals surface area contributed by atoms with Crippen molar-refractivity contribution in [2.24, 2.45) is 0 Å². The number of nitrogens with one attached hydrogen (secondary N) is 2. The van der Waals surface area contributed by atoms with E-state index in [0.29, 0.717) is 11.6 Å². The van der Waals surface area contributed by atoms with Crippen molar-refractivity contribution in [2.45, 2.75) is 32.2 Å². The summed E-state index contributed by atoms with van der Waals surface area (Å²) in [6.07, 6.45) is 2.20. The number of nitrogens with zero attached hydrogens (tertiary/aromatic N) is 2. The molecule has 0 radical (unpaired) electrons. The second kappa shape index (κ2) is 6.66. The smallest absolute Gasteiger partial charge is 0.267 e. The summed E-state index contributed by atoms with van der Waals surface area (Å²) in [5, 5.41) is 5.29. The maximum atomic E-state index is 12.4. The molecule has 0 bridgehead atoms. The second-order valence-corrected chi connectivity index (χ2v) is 6.12. The van der Waals surface area contributed by atoms with Crippen LogP contribution in [-0.4, -0.2) is 71.3 Å². The third-order valence-electron chi connectivity index (χ3n) is 4.80. The maximum Gasteiger partial charge on any atom is 0.267 e. The molecule has 2 aliphatic heterocycles. The zero-order valence-electron chi connectivity index (χ0n) is 13.1. The Labute approximate surface area is 129 Å². The number of hydrogen-bond donors (Lipinski definition) is 2. The first-order valence-corrected chi connectivity index (χ1v) is 8.01. The van der Waals surface area contributed by atoms with Crippen LogP contribution in [0.5, 0.6) is 0 Å².